The monoisotopic (exact) mass is 427 g/mol. The minimum Gasteiger partial charge on any atom is -0.355 e. The summed E-state index contributed by atoms with van der Waals surface area (Å²) in [7, 11) is 0. The summed E-state index contributed by atoms with van der Waals surface area (Å²) in [6.45, 7) is -0.0327. The average molecular weight is 430 g/mol. The van der Waals surface area contributed by atoms with Crippen molar-refractivity contribution in [2.45, 2.75) is 26.3 Å². The molecule has 1 aromatic rings. The second-order valence-electron chi connectivity index (χ2n) is 4.43. The third-order valence-corrected chi connectivity index (χ3v) is 4.20. The third kappa shape index (κ3) is 3.93. The molecule has 0 spiro atoms. The highest BCUT2D eigenvalue weighted by Crippen LogP contribution is 2.44. The smallest absolute Gasteiger partial charge is 0.348 e. The molecule has 0 amide bonds. The summed E-state index contributed by atoms with van der Waals surface area (Å²) < 4.78 is -2.73. The molecule has 0 saturated carbocycles. The molecule has 1 aromatic heterocycles. The SMILES string of the molecule is O=c1nc(C(Cl)(Cl)Cl)ccn1CC1=NOC(O)(C(Cl)(Cl)Cl)C1. The van der Waals surface area contributed by atoms with Gasteiger partial charge in [0.1, 0.15) is 0 Å². The summed E-state index contributed by atoms with van der Waals surface area (Å²) in [4.78, 5) is 20.3. The number of aliphatic hydroxyl groups is 1. The number of hydrogen-bond acceptors (Lipinski definition) is 5. The zero-order valence-electron chi connectivity index (χ0n) is 10.4. The van der Waals surface area contributed by atoms with E-state index in [0.717, 1.165) is 0 Å². The third-order valence-electron chi connectivity index (χ3n) is 2.73. The molecule has 1 aliphatic heterocycles. The van der Waals surface area contributed by atoms with Crippen molar-refractivity contribution < 1.29 is 9.94 Å². The van der Waals surface area contributed by atoms with Gasteiger partial charge in [0.05, 0.1) is 24.4 Å². The minimum absolute atomic E-state index is 0.0128. The first kappa shape index (κ1) is 18.4. The Morgan fingerprint density at radius 2 is 1.95 bits per heavy atom. The molecule has 122 valence electrons. The molecule has 12 heteroatoms. The van der Waals surface area contributed by atoms with Gasteiger partial charge in [-0.05, 0) is 6.07 Å². The van der Waals surface area contributed by atoms with E-state index in [1.807, 2.05) is 0 Å². The predicted octanol–water partition coefficient (Wildman–Crippen LogP) is 2.91. The van der Waals surface area contributed by atoms with Crippen LogP contribution in [0.2, 0.25) is 0 Å². The molecular weight excluding hydrogens is 423 g/mol. The maximum absolute atomic E-state index is 11.9. The molecule has 0 bridgehead atoms. The zero-order valence-corrected chi connectivity index (χ0v) is 15.0. The van der Waals surface area contributed by atoms with Crippen molar-refractivity contribution in [2.24, 2.45) is 5.16 Å². The molecule has 0 radical (unpaired) electrons. The van der Waals surface area contributed by atoms with Gasteiger partial charge < -0.3 is 9.94 Å². The van der Waals surface area contributed by atoms with Crippen LogP contribution in [0.5, 0.6) is 0 Å². The van der Waals surface area contributed by atoms with Gasteiger partial charge in [0.2, 0.25) is 3.79 Å². The molecule has 0 aliphatic carbocycles. The fourth-order valence-electron chi connectivity index (χ4n) is 1.62. The van der Waals surface area contributed by atoms with Crippen molar-refractivity contribution in [3.63, 3.8) is 0 Å². The Morgan fingerprint density at radius 3 is 2.41 bits per heavy atom. The van der Waals surface area contributed by atoms with Crippen molar-refractivity contribution >= 4 is 75.3 Å². The number of aromatic nitrogens is 2. The highest BCUT2D eigenvalue weighted by molar-refractivity contribution is 6.68. The largest absolute Gasteiger partial charge is 0.355 e. The molecule has 0 aromatic carbocycles. The molecular formula is C10H7Cl6N3O3. The zero-order chi connectivity index (χ0) is 16.8. The summed E-state index contributed by atoms with van der Waals surface area (Å²) in [5, 5.41) is 13.6. The van der Waals surface area contributed by atoms with Crippen LogP contribution in [0.4, 0.5) is 0 Å². The Bertz CT molecular complexity index is 665. The molecule has 2 heterocycles. The van der Waals surface area contributed by atoms with E-state index in [1.54, 1.807) is 0 Å². The first-order chi connectivity index (χ1) is 9.92. The standard InChI is InChI=1S/C10H7Cl6N3O3/c11-9(12,13)6-1-2-19(7(20)17-6)4-5-3-8(21,22-18-5)10(14,15)16/h1-2,21H,3-4H2. The Kier molecular flexibility index (Phi) is 5.15. The number of hydrogen-bond donors (Lipinski definition) is 1. The van der Waals surface area contributed by atoms with Gasteiger partial charge in [-0.2, -0.15) is 4.98 Å². The lowest BCUT2D eigenvalue weighted by molar-refractivity contribution is -0.181. The number of halogens is 6. The van der Waals surface area contributed by atoms with Crippen molar-refractivity contribution in [3.8, 4) is 0 Å². The van der Waals surface area contributed by atoms with Crippen LogP contribution in [-0.2, 0) is 15.2 Å². The van der Waals surface area contributed by atoms with Crippen molar-refractivity contribution in [1.29, 1.82) is 0 Å². The summed E-state index contributed by atoms with van der Waals surface area (Å²) in [6, 6.07) is 1.37. The summed E-state index contributed by atoms with van der Waals surface area (Å²) in [5.74, 6) is -2.10. The van der Waals surface area contributed by atoms with Crippen molar-refractivity contribution in [3.05, 3.63) is 28.4 Å². The average Bonchev–Trinajstić information content (AvgIpc) is 2.73. The molecule has 2 rings (SSSR count). The lowest BCUT2D eigenvalue weighted by atomic mass is 10.1. The van der Waals surface area contributed by atoms with Crippen LogP contribution >= 0.6 is 69.6 Å². The van der Waals surface area contributed by atoms with Crippen molar-refractivity contribution in [1.82, 2.24) is 9.55 Å². The predicted molar refractivity (Wildman–Crippen MR) is 86.1 cm³/mol. The summed E-state index contributed by atoms with van der Waals surface area (Å²) >= 11 is 33.7. The minimum atomic E-state index is -2.10. The molecule has 0 saturated heterocycles. The van der Waals surface area contributed by atoms with E-state index in [9.17, 15) is 9.90 Å². The second-order valence-corrected chi connectivity index (χ2v) is 8.99. The van der Waals surface area contributed by atoms with Crippen LogP contribution < -0.4 is 5.69 Å². The fraction of sp³-hybridized carbons (Fsp3) is 0.500. The highest BCUT2D eigenvalue weighted by Gasteiger charge is 2.54. The molecule has 1 N–H and O–H groups in total. The molecule has 22 heavy (non-hydrogen) atoms. The van der Waals surface area contributed by atoms with E-state index < -0.39 is 19.1 Å². The van der Waals surface area contributed by atoms with Crippen LogP contribution in [0.3, 0.4) is 0 Å². The first-order valence-electron chi connectivity index (χ1n) is 5.60. The first-order valence-corrected chi connectivity index (χ1v) is 7.87. The number of rotatable bonds is 2. The topological polar surface area (TPSA) is 76.7 Å². The Morgan fingerprint density at radius 1 is 1.32 bits per heavy atom. The van der Waals surface area contributed by atoms with Crippen LogP contribution in [0, 0.1) is 0 Å². The van der Waals surface area contributed by atoms with Gasteiger partial charge >= 0.3 is 5.69 Å². The molecule has 1 unspecified atom stereocenters. The van der Waals surface area contributed by atoms with Gasteiger partial charge in [-0.3, -0.25) is 4.57 Å². The van der Waals surface area contributed by atoms with Gasteiger partial charge in [-0.15, -0.1) is 0 Å². The maximum Gasteiger partial charge on any atom is 0.348 e. The highest BCUT2D eigenvalue weighted by atomic mass is 35.6. The molecule has 0 fully saturated rings. The van der Waals surface area contributed by atoms with Gasteiger partial charge in [0.25, 0.3) is 9.58 Å². The van der Waals surface area contributed by atoms with E-state index in [0.29, 0.717) is 0 Å². The van der Waals surface area contributed by atoms with Crippen LogP contribution in [0.25, 0.3) is 0 Å². The second kappa shape index (κ2) is 6.16. The Hall–Kier alpha value is 0.0500. The Balaban J connectivity index is 2.15. The Labute approximate surface area is 154 Å². The van der Waals surface area contributed by atoms with Crippen LogP contribution in [0.1, 0.15) is 12.1 Å². The lowest BCUT2D eigenvalue weighted by Gasteiger charge is -2.26. The van der Waals surface area contributed by atoms with E-state index in [2.05, 4.69) is 10.1 Å². The normalized spacial score (nSPS) is 22.4. The van der Waals surface area contributed by atoms with Gasteiger partial charge in [0, 0.05) is 6.20 Å². The number of alkyl halides is 6. The quantitative estimate of drug-likeness (QED) is 0.733. The lowest BCUT2D eigenvalue weighted by Crippen LogP contribution is -2.43. The van der Waals surface area contributed by atoms with Gasteiger partial charge in [-0.1, -0.05) is 74.8 Å². The van der Waals surface area contributed by atoms with E-state index >= 15 is 0 Å². The molecule has 6 nitrogen and oxygen atoms in total. The van der Waals surface area contributed by atoms with E-state index in [-0.39, 0.29) is 24.4 Å². The van der Waals surface area contributed by atoms with Crippen LogP contribution in [-0.4, -0.2) is 29.9 Å². The van der Waals surface area contributed by atoms with E-state index in [4.69, 9.17) is 74.4 Å². The van der Waals surface area contributed by atoms with Crippen molar-refractivity contribution in [2.75, 3.05) is 0 Å². The summed E-state index contributed by atoms with van der Waals surface area (Å²) in [5.41, 5.74) is -0.406. The number of oxime groups is 1. The molecule has 1 aliphatic rings. The van der Waals surface area contributed by atoms with Gasteiger partial charge in [0.15, 0.2) is 0 Å². The summed E-state index contributed by atoms with van der Waals surface area (Å²) in [6.07, 6.45) is 1.17. The maximum atomic E-state index is 11.9. The van der Waals surface area contributed by atoms with E-state index in [1.165, 1.54) is 16.8 Å². The van der Waals surface area contributed by atoms with Crippen LogP contribution in [0.15, 0.2) is 22.2 Å². The fourth-order valence-corrected chi connectivity index (χ4v) is 2.24. The molecule has 1 atom stereocenters. The van der Waals surface area contributed by atoms with Gasteiger partial charge in [-0.25, -0.2) is 4.79 Å². The number of nitrogens with zero attached hydrogens (tertiary/aromatic N) is 3.